The van der Waals surface area contributed by atoms with Crippen LogP contribution in [0, 0.1) is 0 Å². The lowest BCUT2D eigenvalue weighted by Gasteiger charge is -2.32. The van der Waals surface area contributed by atoms with E-state index >= 15 is 0 Å². The first-order valence-corrected chi connectivity index (χ1v) is 13.5. The van der Waals surface area contributed by atoms with Crippen molar-refractivity contribution in [1.82, 2.24) is 24.4 Å². The number of likely N-dealkylation sites (tertiary alicyclic amines) is 2. The Hall–Kier alpha value is -3.53. The van der Waals surface area contributed by atoms with Gasteiger partial charge in [0.2, 0.25) is 0 Å². The van der Waals surface area contributed by atoms with Gasteiger partial charge in [-0.2, -0.15) is 9.61 Å². The number of nitrogens with one attached hydrogen (secondary N) is 1. The van der Waals surface area contributed by atoms with Gasteiger partial charge in [-0.25, -0.2) is 14.6 Å². The average molecular weight is 541 g/mol. The van der Waals surface area contributed by atoms with E-state index in [1.165, 1.54) is 0 Å². The van der Waals surface area contributed by atoms with Gasteiger partial charge in [0.1, 0.15) is 23.7 Å². The molecular formula is C27H33ClN6O4. The first-order chi connectivity index (χ1) is 18.4. The fourth-order valence-electron chi connectivity index (χ4n) is 4.89. The minimum atomic E-state index is -0.387. The molecule has 2 saturated heterocycles. The topological polar surface area (TPSA) is 101 Å². The normalized spacial score (nSPS) is 18.3. The number of carbonyl (C=O) groups is 2. The predicted octanol–water partition coefficient (Wildman–Crippen LogP) is 4.93. The number of fused-ring (bicyclic) bond motifs is 1. The summed E-state index contributed by atoms with van der Waals surface area (Å²) in [6, 6.07) is 11.5. The molecule has 0 saturated carbocycles. The molecule has 38 heavy (non-hydrogen) atoms. The Bertz CT molecular complexity index is 1280. The maximum absolute atomic E-state index is 12.8. The number of hydrogen-bond acceptors (Lipinski definition) is 7. The van der Waals surface area contributed by atoms with Crippen LogP contribution < -0.4 is 5.32 Å². The molecule has 5 rings (SSSR count). The van der Waals surface area contributed by atoms with Crippen molar-refractivity contribution in [3.63, 3.8) is 0 Å². The van der Waals surface area contributed by atoms with Crippen LogP contribution in [0.25, 0.3) is 5.65 Å². The van der Waals surface area contributed by atoms with Crippen LogP contribution >= 0.6 is 11.6 Å². The molecule has 2 aliphatic rings. The van der Waals surface area contributed by atoms with Gasteiger partial charge in [0, 0.05) is 43.7 Å². The van der Waals surface area contributed by atoms with Gasteiger partial charge in [-0.05, 0) is 24.3 Å². The summed E-state index contributed by atoms with van der Waals surface area (Å²) in [5, 5.41) is 8.45. The third-order valence-corrected chi connectivity index (χ3v) is 7.26. The summed E-state index contributed by atoms with van der Waals surface area (Å²) in [4.78, 5) is 33.0. The van der Waals surface area contributed by atoms with Crippen LogP contribution in [0.5, 0.6) is 0 Å². The van der Waals surface area contributed by atoms with Gasteiger partial charge in [-0.1, -0.05) is 55.8 Å². The lowest BCUT2D eigenvalue weighted by Crippen LogP contribution is -2.44. The number of ether oxygens (including phenoxy) is 2. The van der Waals surface area contributed by atoms with Crippen LogP contribution in [0.1, 0.15) is 50.2 Å². The largest absolute Gasteiger partial charge is 0.445 e. The highest BCUT2D eigenvalue weighted by atomic mass is 35.5. The molecule has 3 aromatic rings. The lowest BCUT2D eigenvalue weighted by molar-refractivity contribution is 0.0562. The summed E-state index contributed by atoms with van der Waals surface area (Å²) in [5.41, 5.74) is 2.73. The molecule has 0 radical (unpaired) electrons. The van der Waals surface area contributed by atoms with Crippen molar-refractivity contribution in [3.8, 4) is 0 Å². The number of benzene rings is 1. The molecule has 0 spiro atoms. The zero-order valence-corrected chi connectivity index (χ0v) is 22.4. The van der Waals surface area contributed by atoms with Crippen LogP contribution in [0.4, 0.5) is 15.4 Å². The molecular weight excluding hydrogens is 508 g/mol. The van der Waals surface area contributed by atoms with Crippen molar-refractivity contribution in [1.29, 1.82) is 0 Å². The van der Waals surface area contributed by atoms with Crippen molar-refractivity contribution in [2.24, 2.45) is 0 Å². The van der Waals surface area contributed by atoms with Gasteiger partial charge >= 0.3 is 12.2 Å². The van der Waals surface area contributed by atoms with Crippen molar-refractivity contribution >= 4 is 35.3 Å². The molecule has 202 valence electrons. The molecule has 0 bridgehead atoms. The van der Waals surface area contributed by atoms with Gasteiger partial charge in [0.25, 0.3) is 0 Å². The van der Waals surface area contributed by atoms with E-state index in [9.17, 15) is 9.59 Å². The number of hydrogen-bond donors (Lipinski definition) is 1. The molecule has 4 heterocycles. The molecule has 1 aromatic carbocycles. The van der Waals surface area contributed by atoms with E-state index in [1.54, 1.807) is 20.4 Å². The number of piperidine rings is 1. The molecule has 1 atom stereocenters. The van der Waals surface area contributed by atoms with Crippen molar-refractivity contribution in [3.05, 3.63) is 58.9 Å². The molecule has 2 amide bonds. The second kappa shape index (κ2) is 11.5. The number of carbonyl (C=O) groups excluding carboxylic acids is 2. The molecule has 0 aliphatic carbocycles. The lowest BCUT2D eigenvalue weighted by atomic mass is 10.1. The fraction of sp³-hybridized carbons (Fsp3) is 0.481. The van der Waals surface area contributed by atoms with Crippen LogP contribution in [0.3, 0.4) is 0 Å². The summed E-state index contributed by atoms with van der Waals surface area (Å²) < 4.78 is 12.9. The quantitative estimate of drug-likeness (QED) is 0.442. The smallest absolute Gasteiger partial charge is 0.410 e. The Morgan fingerprint density at radius 1 is 1.08 bits per heavy atom. The molecule has 1 N–H and O–H groups in total. The molecule has 0 unspecified atom stereocenters. The highest BCUT2D eigenvalue weighted by Crippen LogP contribution is 2.26. The standard InChI is InChI=1S/C27H33ClN6O4/c1-18(2)22-15-29-34-24(14-23(28)31-25(22)34)30-20-8-11-32(12-9-20)27(36)38-21-10-13-33(16-21)26(35)37-17-19-6-4-3-5-7-19/h3-7,14-15,18,20-21,30H,8-13,16-17H2,1-2H3/t21-/m0/s1. The maximum atomic E-state index is 12.8. The minimum Gasteiger partial charge on any atom is -0.445 e. The third-order valence-electron chi connectivity index (χ3n) is 7.07. The Kier molecular flexibility index (Phi) is 7.87. The summed E-state index contributed by atoms with van der Waals surface area (Å²) >= 11 is 6.30. The second-order valence-electron chi connectivity index (χ2n) is 10.1. The molecule has 2 aliphatic heterocycles. The van der Waals surface area contributed by atoms with Gasteiger partial charge in [0.05, 0.1) is 12.7 Å². The molecule has 11 heteroatoms. The van der Waals surface area contributed by atoms with Crippen LogP contribution in [-0.4, -0.2) is 74.9 Å². The number of amides is 2. The SMILES string of the molecule is CC(C)c1cnn2c(NC3CCN(C(=O)O[C@H]4CCN(C(=O)OCc5ccccc5)C4)CC3)cc(Cl)nc12. The molecule has 10 nitrogen and oxygen atoms in total. The highest BCUT2D eigenvalue weighted by molar-refractivity contribution is 6.29. The van der Waals surface area contributed by atoms with E-state index < -0.39 is 0 Å². The summed E-state index contributed by atoms with van der Waals surface area (Å²) in [6.07, 6.45) is 2.91. The van der Waals surface area contributed by atoms with Crippen molar-refractivity contribution in [2.45, 2.75) is 57.8 Å². The number of aromatic nitrogens is 3. The number of anilines is 1. The zero-order valence-electron chi connectivity index (χ0n) is 21.7. The highest BCUT2D eigenvalue weighted by Gasteiger charge is 2.32. The Morgan fingerprint density at radius 3 is 2.55 bits per heavy atom. The van der Waals surface area contributed by atoms with E-state index in [4.69, 9.17) is 21.1 Å². The van der Waals surface area contributed by atoms with E-state index in [0.29, 0.717) is 37.8 Å². The van der Waals surface area contributed by atoms with Crippen LogP contribution in [0.15, 0.2) is 42.6 Å². The van der Waals surface area contributed by atoms with Gasteiger partial charge in [-0.15, -0.1) is 0 Å². The fourth-order valence-corrected chi connectivity index (χ4v) is 5.08. The predicted molar refractivity (Wildman–Crippen MR) is 143 cm³/mol. The van der Waals surface area contributed by atoms with Gasteiger partial charge < -0.3 is 24.6 Å². The Balaban J connectivity index is 1.08. The van der Waals surface area contributed by atoms with E-state index in [0.717, 1.165) is 35.4 Å². The average Bonchev–Trinajstić information content (AvgIpc) is 3.56. The number of nitrogens with zero attached hydrogens (tertiary/aromatic N) is 5. The monoisotopic (exact) mass is 540 g/mol. The molecule has 2 aromatic heterocycles. The zero-order chi connectivity index (χ0) is 26.6. The Labute approximate surface area is 226 Å². The summed E-state index contributed by atoms with van der Waals surface area (Å²) in [5.74, 6) is 1.07. The Morgan fingerprint density at radius 2 is 1.82 bits per heavy atom. The first kappa shape index (κ1) is 26.1. The van der Waals surface area contributed by atoms with Crippen LogP contribution in [0.2, 0.25) is 5.15 Å². The summed E-state index contributed by atoms with van der Waals surface area (Å²) in [7, 11) is 0. The van der Waals surface area contributed by atoms with Crippen LogP contribution in [-0.2, 0) is 16.1 Å². The van der Waals surface area contributed by atoms with E-state index in [1.807, 2.05) is 36.5 Å². The van der Waals surface area contributed by atoms with E-state index in [2.05, 4.69) is 29.2 Å². The van der Waals surface area contributed by atoms with E-state index in [-0.39, 0.29) is 36.9 Å². The second-order valence-corrected chi connectivity index (χ2v) is 10.5. The number of halogens is 1. The maximum Gasteiger partial charge on any atom is 0.410 e. The summed E-state index contributed by atoms with van der Waals surface area (Å²) in [6.45, 7) is 6.42. The van der Waals surface area contributed by atoms with Crippen molar-refractivity contribution < 1.29 is 19.1 Å². The first-order valence-electron chi connectivity index (χ1n) is 13.1. The third kappa shape index (κ3) is 5.96. The van der Waals surface area contributed by atoms with Gasteiger partial charge in [0.15, 0.2) is 5.65 Å². The molecule has 2 fully saturated rings. The van der Waals surface area contributed by atoms with Gasteiger partial charge in [-0.3, -0.25) is 0 Å². The number of rotatable bonds is 6. The minimum absolute atomic E-state index is 0.161. The van der Waals surface area contributed by atoms with Crippen molar-refractivity contribution in [2.75, 3.05) is 31.5 Å².